The molecule has 1 heteroatoms. The Bertz CT molecular complexity index is 907. The van der Waals surface area contributed by atoms with E-state index in [-0.39, 0.29) is 5.41 Å². The van der Waals surface area contributed by atoms with E-state index in [9.17, 15) is 5.11 Å². The van der Waals surface area contributed by atoms with E-state index in [1.807, 2.05) is 18.2 Å². The molecule has 3 aromatic carbocycles. The summed E-state index contributed by atoms with van der Waals surface area (Å²) >= 11 is 0. The first-order chi connectivity index (χ1) is 13.6. The van der Waals surface area contributed by atoms with Gasteiger partial charge in [-0.2, -0.15) is 0 Å². The Balaban J connectivity index is 2.03. The van der Waals surface area contributed by atoms with Gasteiger partial charge in [-0.15, -0.1) is 0 Å². The normalized spacial score (nSPS) is 11.5. The van der Waals surface area contributed by atoms with Crippen molar-refractivity contribution in [3.05, 3.63) is 89.5 Å². The molecule has 0 unspecified atom stereocenters. The van der Waals surface area contributed by atoms with E-state index >= 15 is 0 Å². The monoisotopic (exact) mass is 372 g/mol. The van der Waals surface area contributed by atoms with Crippen LogP contribution in [0.25, 0.3) is 11.1 Å². The van der Waals surface area contributed by atoms with Crippen LogP contribution in [0.5, 0.6) is 5.75 Å². The topological polar surface area (TPSA) is 20.2 Å². The molecule has 28 heavy (non-hydrogen) atoms. The number of hydrogen-bond donors (Lipinski definition) is 1. The van der Waals surface area contributed by atoms with E-state index in [2.05, 4.69) is 69.3 Å². The summed E-state index contributed by atoms with van der Waals surface area (Å²) in [7, 11) is 0. The fourth-order valence-corrected chi connectivity index (χ4v) is 4.15. The Morgan fingerprint density at radius 1 is 0.679 bits per heavy atom. The predicted molar refractivity (Wildman–Crippen MR) is 120 cm³/mol. The summed E-state index contributed by atoms with van der Waals surface area (Å²) in [5.41, 5.74) is 5.91. The number of benzene rings is 3. The molecule has 0 saturated heterocycles. The van der Waals surface area contributed by atoms with Gasteiger partial charge in [-0.25, -0.2) is 0 Å². The molecular formula is C27H32O. The molecule has 0 heterocycles. The van der Waals surface area contributed by atoms with Gasteiger partial charge < -0.3 is 5.11 Å². The summed E-state index contributed by atoms with van der Waals surface area (Å²) in [6.45, 7) is 6.65. The second-order valence-electron chi connectivity index (χ2n) is 8.16. The van der Waals surface area contributed by atoms with Crippen molar-refractivity contribution in [2.24, 2.45) is 0 Å². The number of phenols is 1. The van der Waals surface area contributed by atoms with Crippen LogP contribution in [-0.2, 0) is 11.8 Å². The van der Waals surface area contributed by atoms with Crippen LogP contribution in [0.3, 0.4) is 0 Å². The first kappa shape index (κ1) is 20.2. The van der Waals surface area contributed by atoms with Gasteiger partial charge in [0.25, 0.3) is 0 Å². The lowest BCUT2D eigenvalue weighted by Crippen LogP contribution is -2.20. The van der Waals surface area contributed by atoms with Gasteiger partial charge in [0.05, 0.1) is 0 Å². The molecule has 0 aliphatic carbocycles. The zero-order valence-electron chi connectivity index (χ0n) is 17.4. The van der Waals surface area contributed by atoms with E-state index in [0.29, 0.717) is 5.75 Å². The summed E-state index contributed by atoms with van der Waals surface area (Å²) in [5, 5.41) is 10.5. The van der Waals surface area contributed by atoms with Crippen molar-refractivity contribution < 1.29 is 5.11 Å². The van der Waals surface area contributed by atoms with Crippen LogP contribution in [0.4, 0.5) is 0 Å². The van der Waals surface area contributed by atoms with Crippen molar-refractivity contribution in [1.82, 2.24) is 0 Å². The second-order valence-corrected chi connectivity index (χ2v) is 8.16. The summed E-state index contributed by atoms with van der Waals surface area (Å²) < 4.78 is 0. The van der Waals surface area contributed by atoms with Crippen molar-refractivity contribution >= 4 is 0 Å². The lowest BCUT2D eigenvalue weighted by molar-refractivity contribution is 0.453. The zero-order valence-corrected chi connectivity index (χ0v) is 17.4. The van der Waals surface area contributed by atoms with Crippen molar-refractivity contribution in [3.63, 3.8) is 0 Å². The number of para-hydroxylation sites is 1. The maximum Gasteiger partial charge on any atom is 0.119 e. The highest BCUT2D eigenvalue weighted by molar-refractivity contribution is 5.73. The Labute approximate surface area is 170 Å². The minimum Gasteiger partial charge on any atom is -0.508 e. The maximum absolute atomic E-state index is 10.5. The molecule has 0 spiro atoms. The molecule has 0 fully saturated rings. The summed E-state index contributed by atoms with van der Waals surface area (Å²) in [5.74, 6) is 0.357. The smallest absolute Gasteiger partial charge is 0.119 e. The average Bonchev–Trinajstić information content (AvgIpc) is 2.72. The van der Waals surface area contributed by atoms with Crippen LogP contribution in [0.1, 0.15) is 63.1 Å². The third kappa shape index (κ3) is 4.30. The van der Waals surface area contributed by atoms with Crippen molar-refractivity contribution in [2.45, 2.75) is 58.3 Å². The molecule has 1 N–H and O–H groups in total. The van der Waals surface area contributed by atoms with Crippen LogP contribution >= 0.6 is 0 Å². The standard InChI is InChI=1S/C27H32O/c1-4-5-6-7-14-21-15-8-9-16-22(21)23-17-10-11-18-24(23)27(2,3)25-19-12-13-20-26(25)28/h8-13,15-20,28H,4-7,14H2,1-3H3. The van der Waals surface area contributed by atoms with Crippen molar-refractivity contribution in [3.8, 4) is 16.9 Å². The highest BCUT2D eigenvalue weighted by Gasteiger charge is 2.28. The van der Waals surface area contributed by atoms with Gasteiger partial charge in [0, 0.05) is 11.0 Å². The van der Waals surface area contributed by atoms with E-state index < -0.39 is 0 Å². The number of rotatable bonds is 8. The van der Waals surface area contributed by atoms with Gasteiger partial charge in [-0.1, -0.05) is 107 Å². The molecule has 1 nitrogen and oxygen atoms in total. The molecule has 0 bridgehead atoms. The highest BCUT2D eigenvalue weighted by atomic mass is 16.3. The molecule has 3 aromatic rings. The van der Waals surface area contributed by atoms with Crippen LogP contribution in [0, 0.1) is 0 Å². The first-order valence-corrected chi connectivity index (χ1v) is 10.5. The third-order valence-corrected chi connectivity index (χ3v) is 5.79. The van der Waals surface area contributed by atoms with Gasteiger partial charge in [-0.3, -0.25) is 0 Å². The van der Waals surface area contributed by atoms with Crippen molar-refractivity contribution in [2.75, 3.05) is 0 Å². The van der Waals surface area contributed by atoms with Gasteiger partial charge >= 0.3 is 0 Å². The first-order valence-electron chi connectivity index (χ1n) is 10.5. The molecule has 0 saturated carbocycles. The van der Waals surface area contributed by atoms with Crippen LogP contribution in [0.2, 0.25) is 0 Å². The number of aryl methyl sites for hydroxylation is 1. The molecule has 0 atom stereocenters. The summed E-state index contributed by atoms with van der Waals surface area (Å²) in [6.07, 6.45) is 6.20. The fourth-order valence-electron chi connectivity index (χ4n) is 4.15. The number of phenolic OH excluding ortho intramolecular Hbond substituents is 1. The SMILES string of the molecule is CCCCCCc1ccccc1-c1ccccc1C(C)(C)c1ccccc1O. The van der Waals surface area contributed by atoms with E-state index in [4.69, 9.17) is 0 Å². The van der Waals surface area contributed by atoms with E-state index in [1.165, 1.54) is 47.9 Å². The van der Waals surface area contributed by atoms with Crippen LogP contribution in [0.15, 0.2) is 72.8 Å². The zero-order chi connectivity index (χ0) is 20.0. The number of aromatic hydroxyl groups is 1. The largest absolute Gasteiger partial charge is 0.508 e. The van der Waals surface area contributed by atoms with E-state index in [1.54, 1.807) is 6.07 Å². The van der Waals surface area contributed by atoms with E-state index in [0.717, 1.165) is 12.0 Å². The van der Waals surface area contributed by atoms with Gasteiger partial charge in [-0.05, 0) is 41.2 Å². The highest BCUT2D eigenvalue weighted by Crippen LogP contribution is 2.41. The average molecular weight is 373 g/mol. The summed E-state index contributed by atoms with van der Waals surface area (Å²) in [4.78, 5) is 0. The fraction of sp³-hybridized carbons (Fsp3) is 0.333. The van der Waals surface area contributed by atoms with Gasteiger partial charge in [0.15, 0.2) is 0 Å². The molecule has 3 rings (SSSR count). The van der Waals surface area contributed by atoms with Gasteiger partial charge in [0.2, 0.25) is 0 Å². The maximum atomic E-state index is 10.5. The Morgan fingerprint density at radius 2 is 1.29 bits per heavy atom. The van der Waals surface area contributed by atoms with Gasteiger partial charge in [0.1, 0.15) is 5.75 Å². The lowest BCUT2D eigenvalue weighted by Gasteiger charge is -2.30. The lowest BCUT2D eigenvalue weighted by atomic mass is 9.74. The van der Waals surface area contributed by atoms with Crippen LogP contribution in [-0.4, -0.2) is 5.11 Å². The number of hydrogen-bond acceptors (Lipinski definition) is 1. The quantitative estimate of drug-likeness (QED) is 0.406. The summed E-state index contributed by atoms with van der Waals surface area (Å²) in [6, 6.07) is 25.1. The molecule has 0 radical (unpaired) electrons. The molecule has 146 valence electrons. The Morgan fingerprint density at radius 3 is 2.00 bits per heavy atom. The molecule has 0 aliphatic rings. The van der Waals surface area contributed by atoms with Crippen LogP contribution < -0.4 is 0 Å². The molecule has 0 aromatic heterocycles. The van der Waals surface area contributed by atoms with Crippen molar-refractivity contribution in [1.29, 1.82) is 0 Å². The molecule has 0 aliphatic heterocycles. The minimum atomic E-state index is -0.294. The Kier molecular flexibility index (Phi) is 6.57. The molecule has 0 amide bonds. The third-order valence-electron chi connectivity index (χ3n) is 5.79. The Hall–Kier alpha value is -2.54. The number of unbranched alkanes of at least 4 members (excludes halogenated alkanes) is 3. The molecular weight excluding hydrogens is 340 g/mol. The minimum absolute atomic E-state index is 0.294. The second kappa shape index (κ2) is 9.10. The predicted octanol–water partition coefficient (Wildman–Crippen LogP) is 7.51.